The molecule has 2 aromatic rings. The van der Waals surface area contributed by atoms with Crippen LogP contribution in [0, 0.1) is 0 Å². The third kappa shape index (κ3) is 4.60. The number of aryl methyl sites for hydroxylation is 1. The molecule has 0 aliphatic heterocycles. The Morgan fingerprint density at radius 2 is 1.69 bits per heavy atom. The van der Waals surface area contributed by atoms with Gasteiger partial charge in [-0.3, -0.25) is 4.79 Å². The first-order chi connectivity index (χ1) is 12.3. The molecule has 26 heavy (non-hydrogen) atoms. The zero-order chi connectivity index (χ0) is 19.3. The van der Waals surface area contributed by atoms with E-state index in [1.54, 1.807) is 24.3 Å². The second-order valence-corrected chi connectivity index (χ2v) is 7.37. The maximum Gasteiger partial charge on any atom is 0.324 e. The predicted octanol–water partition coefficient (Wildman–Crippen LogP) is 1.72. The molecular formula is C18H21NO6S. The summed E-state index contributed by atoms with van der Waals surface area (Å²) in [5.41, 5.74) is 1.21. The number of aliphatic hydroxyl groups excluding tert-OH is 1. The van der Waals surface area contributed by atoms with Crippen LogP contribution in [0.4, 0.5) is 0 Å². The van der Waals surface area contributed by atoms with Gasteiger partial charge in [-0.05, 0) is 41.8 Å². The van der Waals surface area contributed by atoms with E-state index in [-0.39, 0.29) is 10.5 Å². The maximum atomic E-state index is 12.5. The summed E-state index contributed by atoms with van der Waals surface area (Å²) < 4.78 is 32.0. The van der Waals surface area contributed by atoms with Crippen molar-refractivity contribution >= 4 is 16.0 Å². The van der Waals surface area contributed by atoms with Crippen molar-refractivity contribution in [2.24, 2.45) is 0 Å². The van der Waals surface area contributed by atoms with E-state index in [4.69, 9.17) is 4.74 Å². The third-order valence-electron chi connectivity index (χ3n) is 3.96. The Morgan fingerprint density at radius 1 is 1.12 bits per heavy atom. The molecule has 2 unspecified atom stereocenters. The number of nitrogens with one attached hydrogen (secondary N) is 1. The van der Waals surface area contributed by atoms with Crippen LogP contribution in [0.5, 0.6) is 5.75 Å². The number of rotatable bonds is 8. The van der Waals surface area contributed by atoms with Gasteiger partial charge < -0.3 is 14.9 Å². The summed E-state index contributed by atoms with van der Waals surface area (Å²) in [5, 5.41) is 19.7. The first kappa shape index (κ1) is 19.9. The molecule has 0 fully saturated rings. The summed E-state index contributed by atoms with van der Waals surface area (Å²) in [7, 11) is -2.64. The smallest absolute Gasteiger partial charge is 0.324 e. The number of ether oxygens (including phenoxy) is 1. The highest BCUT2D eigenvalue weighted by atomic mass is 32.2. The molecule has 2 aromatic carbocycles. The Labute approximate surface area is 152 Å². The average Bonchev–Trinajstić information content (AvgIpc) is 2.65. The van der Waals surface area contributed by atoms with Gasteiger partial charge in [0.25, 0.3) is 0 Å². The van der Waals surface area contributed by atoms with Crippen LogP contribution in [0.2, 0.25) is 0 Å². The molecule has 2 rings (SSSR count). The molecular weight excluding hydrogens is 358 g/mol. The van der Waals surface area contributed by atoms with Crippen molar-refractivity contribution in [2.45, 2.75) is 30.4 Å². The fourth-order valence-electron chi connectivity index (χ4n) is 2.38. The van der Waals surface area contributed by atoms with E-state index in [1.165, 1.54) is 31.4 Å². The van der Waals surface area contributed by atoms with Gasteiger partial charge >= 0.3 is 5.97 Å². The van der Waals surface area contributed by atoms with Crippen molar-refractivity contribution in [1.29, 1.82) is 0 Å². The Bertz CT molecular complexity index is 846. The van der Waals surface area contributed by atoms with Gasteiger partial charge in [-0.1, -0.05) is 31.2 Å². The summed E-state index contributed by atoms with van der Waals surface area (Å²) >= 11 is 0. The summed E-state index contributed by atoms with van der Waals surface area (Å²) in [6, 6.07) is 10.4. The number of hydrogen-bond donors (Lipinski definition) is 3. The van der Waals surface area contributed by atoms with E-state index in [9.17, 15) is 23.4 Å². The van der Waals surface area contributed by atoms with Crippen molar-refractivity contribution in [3.8, 4) is 5.75 Å². The lowest BCUT2D eigenvalue weighted by molar-refractivity contribution is -0.141. The number of aliphatic hydroxyl groups is 1. The number of hydrogen-bond acceptors (Lipinski definition) is 5. The molecule has 2 atom stereocenters. The largest absolute Gasteiger partial charge is 0.497 e. The second-order valence-electron chi connectivity index (χ2n) is 5.65. The second kappa shape index (κ2) is 8.31. The molecule has 0 amide bonds. The minimum atomic E-state index is -4.11. The molecule has 0 bridgehead atoms. The van der Waals surface area contributed by atoms with Crippen LogP contribution in [0.3, 0.4) is 0 Å². The molecule has 0 spiro atoms. The molecule has 0 heterocycles. The molecule has 0 saturated carbocycles. The minimum Gasteiger partial charge on any atom is -0.497 e. The number of benzene rings is 2. The number of aliphatic carboxylic acids is 1. The van der Waals surface area contributed by atoms with Crippen LogP contribution in [-0.4, -0.2) is 37.8 Å². The highest BCUT2D eigenvalue weighted by molar-refractivity contribution is 7.89. The van der Waals surface area contributed by atoms with Gasteiger partial charge in [-0.15, -0.1) is 0 Å². The summed E-state index contributed by atoms with van der Waals surface area (Å²) in [5.74, 6) is -0.952. The van der Waals surface area contributed by atoms with Gasteiger partial charge in [0.05, 0.1) is 12.0 Å². The van der Waals surface area contributed by atoms with Crippen molar-refractivity contribution < 1.29 is 28.2 Å². The Morgan fingerprint density at radius 3 is 2.15 bits per heavy atom. The van der Waals surface area contributed by atoms with E-state index in [2.05, 4.69) is 4.72 Å². The van der Waals surface area contributed by atoms with Crippen molar-refractivity contribution in [2.75, 3.05) is 7.11 Å². The minimum absolute atomic E-state index is 0.0668. The van der Waals surface area contributed by atoms with Crippen LogP contribution in [0.25, 0.3) is 0 Å². The highest BCUT2D eigenvalue weighted by Gasteiger charge is 2.32. The Hall–Kier alpha value is -2.42. The third-order valence-corrected chi connectivity index (χ3v) is 5.42. The van der Waals surface area contributed by atoms with Gasteiger partial charge in [-0.25, -0.2) is 8.42 Å². The molecule has 0 aliphatic carbocycles. The number of carbonyl (C=O) groups is 1. The number of carboxylic acid groups (broad SMARTS) is 1. The molecule has 3 N–H and O–H groups in total. The van der Waals surface area contributed by atoms with Crippen LogP contribution in [0.15, 0.2) is 53.4 Å². The zero-order valence-electron chi connectivity index (χ0n) is 14.4. The molecule has 7 nitrogen and oxygen atoms in total. The molecule has 140 valence electrons. The Balaban J connectivity index is 2.26. The highest BCUT2D eigenvalue weighted by Crippen LogP contribution is 2.22. The molecule has 0 saturated heterocycles. The first-order valence-corrected chi connectivity index (χ1v) is 9.43. The van der Waals surface area contributed by atoms with Crippen LogP contribution in [0.1, 0.15) is 24.2 Å². The molecule has 0 aliphatic rings. The average molecular weight is 379 g/mol. The van der Waals surface area contributed by atoms with Gasteiger partial charge in [0.15, 0.2) is 0 Å². The van der Waals surface area contributed by atoms with Gasteiger partial charge in [0.2, 0.25) is 10.0 Å². The topological polar surface area (TPSA) is 113 Å². The fourth-order valence-corrected chi connectivity index (χ4v) is 3.58. The fraction of sp³-hybridized carbons (Fsp3) is 0.278. The zero-order valence-corrected chi connectivity index (χ0v) is 15.2. The maximum absolute atomic E-state index is 12.5. The van der Waals surface area contributed by atoms with Crippen molar-refractivity contribution in [1.82, 2.24) is 4.72 Å². The summed E-state index contributed by atoms with van der Waals surface area (Å²) in [4.78, 5) is 11.5. The van der Waals surface area contributed by atoms with Gasteiger partial charge in [0, 0.05) is 0 Å². The van der Waals surface area contributed by atoms with Crippen molar-refractivity contribution in [3.63, 3.8) is 0 Å². The lowest BCUT2D eigenvalue weighted by atomic mass is 10.0. The normalized spacial score (nSPS) is 13.8. The SMILES string of the molecule is CCc1ccc(S(=O)(=O)NC(C(=O)O)C(O)c2ccc(OC)cc2)cc1. The van der Waals surface area contributed by atoms with E-state index in [0.29, 0.717) is 5.75 Å². The lowest BCUT2D eigenvalue weighted by Crippen LogP contribution is -2.44. The Kier molecular flexibility index (Phi) is 6.36. The molecule has 0 radical (unpaired) electrons. The van der Waals surface area contributed by atoms with Gasteiger partial charge in [-0.2, -0.15) is 4.72 Å². The summed E-state index contributed by atoms with van der Waals surface area (Å²) in [6.45, 7) is 1.94. The predicted molar refractivity (Wildman–Crippen MR) is 95.5 cm³/mol. The van der Waals surface area contributed by atoms with E-state index in [1.807, 2.05) is 6.92 Å². The molecule has 0 aromatic heterocycles. The van der Waals surface area contributed by atoms with E-state index < -0.39 is 28.1 Å². The van der Waals surface area contributed by atoms with Crippen LogP contribution < -0.4 is 9.46 Å². The van der Waals surface area contributed by atoms with Gasteiger partial charge in [0.1, 0.15) is 17.9 Å². The van der Waals surface area contributed by atoms with Crippen LogP contribution >= 0.6 is 0 Å². The van der Waals surface area contributed by atoms with E-state index >= 15 is 0 Å². The van der Waals surface area contributed by atoms with E-state index in [0.717, 1.165) is 12.0 Å². The lowest BCUT2D eigenvalue weighted by Gasteiger charge is -2.21. The summed E-state index contributed by atoms with van der Waals surface area (Å²) in [6.07, 6.45) is -0.815. The first-order valence-electron chi connectivity index (χ1n) is 7.94. The number of sulfonamides is 1. The number of methoxy groups -OCH3 is 1. The van der Waals surface area contributed by atoms with Crippen molar-refractivity contribution in [3.05, 3.63) is 59.7 Å². The number of carboxylic acids is 1. The monoisotopic (exact) mass is 379 g/mol. The molecule has 8 heteroatoms. The quantitative estimate of drug-likeness (QED) is 0.644. The van der Waals surface area contributed by atoms with Crippen LogP contribution in [-0.2, 0) is 21.2 Å². The standard InChI is InChI=1S/C18H21NO6S/c1-3-12-4-10-15(11-5-12)26(23,24)19-16(18(21)22)17(20)13-6-8-14(25-2)9-7-13/h4-11,16-17,19-20H,3H2,1-2H3,(H,21,22).